The van der Waals surface area contributed by atoms with Gasteiger partial charge in [0.25, 0.3) is 0 Å². The van der Waals surface area contributed by atoms with Crippen LogP contribution in [-0.2, 0) is 19.6 Å². The van der Waals surface area contributed by atoms with E-state index in [0.717, 1.165) is 19.5 Å². The molecule has 0 unspecified atom stereocenters. The van der Waals surface area contributed by atoms with E-state index in [4.69, 9.17) is 4.74 Å². The lowest BCUT2D eigenvalue weighted by molar-refractivity contribution is -0.118. The van der Waals surface area contributed by atoms with Crippen LogP contribution in [0.2, 0.25) is 0 Å². The molecule has 2 rings (SSSR count). The number of nitrogens with zero attached hydrogens (tertiary/aromatic N) is 3. The molecule has 0 aromatic carbocycles. The molecule has 8 nitrogen and oxygen atoms in total. The Morgan fingerprint density at radius 1 is 1.31 bits per heavy atom. The maximum atomic E-state index is 12.6. The second-order valence-electron chi connectivity index (χ2n) is 6.02. The minimum Gasteiger partial charge on any atom is -0.385 e. The largest absolute Gasteiger partial charge is 0.385 e. The first-order valence-corrected chi connectivity index (χ1v) is 10.9. The lowest BCUT2D eigenvalue weighted by Gasteiger charge is -2.31. The molecule has 146 valence electrons. The lowest BCUT2D eigenvalue weighted by Crippen LogP contribution is -2.47. The summed E-state index contributed by atoms with van der Waals surface area (Å²) in [6.07, 6.45) is 2.14. The highest BCUT2D eigenvalue weighted by Gasteiger charge is 2.27. The summed E-state index contributed by atoms with van der Waals surface area (Å²) >= 11 is 1.28. The van der Waals surface area contributed by atoms with Crippen molar-refractivity contribution < 1.29 is 17.9 Å². The Labute approximate surface area is 159 Å². The number of carbonyl (C=O) groups excluding carboxylic acids is 1. The summed E-state index contributed by atoms with van der Waals surface area (Å²) < 4.78 is 31.7. The van der Waals surface area contributed by atoms with Crippen LogP contribution >= 0.6 is 11.8 Å². The number of methoxy groups -OCH3 is 1. The summed E-state index contributed by atoms with van der Waals surface area (Å²) in [7, 11) is 0.0922. The lowest BCUT2D eigenvalue weighted by atomic mass is 10.4. The number of thioether (sulfide) groups is 1. The molecular weight excluding hydrogens is 376 g/mol. The fraction of sp³-hybridized carbons (Fsp3) is 0.625. The van der Waals surface area contributed by atoms with Crippen molar-refractivity contribution in [1.29, 1.82) is 0 Å². The molecule has 1 amide bonds. The highest BCUT2D eigenvalue weighted by atomic mass is 32.2. The van der Waals surface area contributed by atoms with Crippen molar-refractivity contribution in [3.63, 3.8) is 0 Å². The zero-order chi connectivity index (χ0) is 19.0. The van der Waals surface area contributed by atoms with Crippen LogP contribution < -0.4 is 5.32 Å². The van der Waals surface area contributed by atoms with Gasteiger partial charge in [0.2, 0.25) is 15.9 Å². The van der Waals surface area contributed by atoms with Gasteiger partial charge in [-0.25, -0.2) is 13.4 Å². The van der Waals surface area contributed by atoms with Crippen LogP contribution in [0, 0.1) is 0 Å². The molecule has 26 heavy (non-hydrogen) atoms. The average Bonchev–Trinajstić information content (AvgIpc) is 2.64. The van der Waals surface area contributed by atoms with Gasteiger partial charge in [0.15, 0.2) is 0 Å². The molecule has 0 spiro atoms. The third kappa shape index (κ3) is 6.20. The van der Waals surface area contributed by atoms with Crippen LogP contribution in [0.1, 0.15) is 6.42 Å². The first-order valence-electron chi connectivity index (χ1n) is 8.46. The topological polar surface area (TPSA) is 91.8 Å². The molecular formula is C16H26N4O4S2. The molecule has 0 atom stereocenters. The fourth-order valence-electron chi connectivity index (χ4n) is 2.42. The molecule has 2 heterocycles. The van der Waals surface area contributed by atoms with Crippen LogP contribution in [0.5, 0.6) is 0 Å². The molecule has 0 radical (unpaired) electrons. The second-order valence-corrected chi connectivity index (χ2v) is 8.96. The number of aromatic nitrogens is 1. The van der Waals surface area contributed by atoms with E-state index in [0.29, 0.717) is 31.3 Å². The van der Waals surface area contributed by atoms with E-state index in [1.54, 1.807) is 19.2 Å². The van der Waals surface area contributed by atoms with Gasteiger partial charge in [-0.05, 0) is 25.6 Å². The molecule has 1 aliphatic rings. The fourth-order valence-corrected chi connectivity index (χ4v) is 4.46. The number of carbonyl (C=O) groups is 1. The van der Waals surface area contributed by atoms with Crippen molar-refractivity contribution in [2.24, 2.45) is 0 Å². The maximum absolute atomic E-state index is 12.6. The third-order valence-electron chi connectivity index (χ3n) is 4.01. The van der Waals surface area contributed by atoms with Crippen molar-refractivity contribution in [3.8, 4) is 0 Å². The molecule has 0 aliphatic carbocycles. The molecule has 1 aromatic rings. The highest BCUT2D eigenvalue weighted by Crippen LogP contribution is 2.20. The van der Waals surface area contributed by atoms with Crippen molar-refractivity contribution in [2.45, 2.75) is 16.3 Å². The quantitative estimate of drug-likeness (QED) is 0.468. The summed E-state index contributed by atoms with van der Waals surface area (Å²) in [4.78, 5) is 18.2. The smallest absolute Gasteiger partial charge is 0.244 e. The number of ether oxygens (including phenoxy) is 1. The van der Waals surface area contributed by atoms with Crippen LogP contribution in [0.15, 0.2) is 28.3 Å². The number of rotatable bonds is 9. The summed E-state index contributed by atoms with van der Waals surface area (Å²) in [5, 5.41) is 3.42. The summed E-state index contributed by atoms with van der Waals surface area (Å²) in [5.41, 5.74) is 0. The third-order valence-corrected chi connectivity index (χ3v) is 6.83. The van der Waals surface area contributed by atoms with E-state index in [9.17, 15) is 13.2 Å². The molecule has 1 fully saturated rings. The van der Waals surface area contributed by atoms with Crippen molar-refractivity contribution in [2.75, 3.05) is 59.2 Å². The predicted octanol–water partition coefficient (Wildman–Crippen LogP) is 0.263. The van der Waals surface area contributed by atoms with Gasteiger partial charge >= 0.3 is 0 Å². The zero-order valence-corrected chi connectivity index (χ0v) is 16.8. The van der Waals surface area contributed by atoms with Gasteiger partial charge in [0, 0.05) is 52.6 Å². The molecule has 1 aromatic heterocycles. The van der Waals surface area contributed by atoms with Crippen LogP contribution in [-0.4, -0.2) is 87.8 Å². The monoisotopic (exact) mass is 402 g/mol. The molecule has 0 saturated carbocycles. The first kappa shape index (κ1) is 21.1. The SMILES string of the molecule is COCCCNC(=O)CSc1ccc(S(=O)(=O)N2CCN(C)CC2)cn1. The number of likely N-dealkylation sites (N-methyl/N-ethyl adjacent to an activating group) is 1. The molecule has 0 bridgehead atoms. The van der Waals surface area contributed by atoms with Gasteiger partial charge in [0.1, 0.15) is 4.90 Å². The van der Waals surface area contributed by atoms with E-state index in [2.05, 4.69) is 15.2 Å². The number of piperazine rings is 1. The molecule has 10 heteroatoms. The van der Waals surface area contributed by atoms with Gasteiger partial charge in [-0.15, -0.1) is 0 Å². The molecule has 1 saturated heterocycles. The normalized spacial score (nSPS) is 16.5. The number of pyridine rings is 1. The van der Waals surface area contributed by atoms with Crippen molar-refractivity contribution in [3.05, 3.63) is 18.3 Å². The minimum absolute atomic E-state index is 0.0814. The Bertz CT molecular complexity index is 674. The highest BCUT2D eigenvalue weighted by molar-refractivity contribution is 7.99. The van der Waals surface area contributed by atoms with E-state index in [-0.39, 0.29) is 16.6 Å². The predicted molar refractivity (Wildman–Crippen MR) is 101 cm³/mol. The number of hydrogen-bond acceptors (Lipinski definition) is 7. The van der Waals surface area contributed by atoms with Gasteiger partial charge in [0.05, 0.1) is 10.8 Å². The first-order chi connectivity index (χ1) is 12.4. The maximum Gasteiger partial charge on any atom is 0.244 e. The Morgan fingerprint density at radius 3 is 2.65 bits per heavy atom. The minimum atomic E-state index is -3.51. The Hall–Kier alpha value is -1.20. The van der Waals surface area contributed by atoms with Gasteiger partial charge in [-0.1, -0.05) is 11.8 Å². The summed E-state index contributed by atoms with van der Waals surface area (Å²) in [6.45, 7) is 3.60. The number of hydrogen-bond donors (Lipinski definition) is 1. The second kappa shape index (κ2) is 10.2. The zero-order valence-electron chi connectivity index (χ0n) is 15.2. The standard InChI is InChI=1S/C16H26N4O4S2/c1-19-7-9-20(10-8-19)26(22,23)14-4-5-16(18-12-14)25-13-15(21)17-6-3-11-24-2/h4-5,12H,3,6-11,13H2,1-2H3,(H,17,21). The molecule has 1 N–H and O–H groups in total. The Balaban J connectivity index is 1.84. The van der Waals surface area contributed by atoms with Crippen molar-refractivity contribution >= 4 is 27.7 Å². The van der Waals surface area contributed by atoms with E-state index in [1.165, 1.54) is 22.3 Å². The van der Waals surface area contributed by atoms with Gasteiger partial charge < -0.3 is 15.0 Å². The average molecular weight is 403 g/mol. The molecule has 1 aliphatic heterocycles. The van der Waals surface area contributed by atoms with E-state index >= 15 is 0 Å². The van der Waals surface area contributed by atoms with Crippen LogP contribution in [0.25, 0.3) is 0 Å². The Kier molecular flexibility index (Phi) is 8.29. The summed E-state index contributed by atoms with van der Waals surface area (Å²) in [5.74, 6) is 0.159. The number of sulfonamides is 1. The summed E-state index contributed by atoms with van der Waals surface area (Å²) in [6, 6.07) is 3.20. The number of nitrogens with one attached hydrogen (secondary N) is 1. The van der Waals surface area contributed by atoms with Gasteiger partial charge in [-0.3, -0.25) is 4.79 Å². The number of amides is 1. The van der Waals surface area contributed by atoms with Gasteiger partial charge in [-0.2, -0.15) is 4.31 Å². The van der Waals surface area contributed by atoms with E-state index < -0.39 is 10.0 Å². The van der Waals surface area contributed by atoms with Crippen LogP contribution in [0.3, 0.4) is 0 Å². The van der Waals surface area contributed by atoms with Crippen LogP contribution in [0.4, 0.5) is 0 Å². The van der Waals surface area contributed by atoms with Crippen molar-refractivity contribution in [1.82, 2.24) is 19.5 Å². The Morgan fingerprint density at radius 2 is 2.04 bits per heavy atom. The van der Waals surface area contributed by atoms with E-state index in [1.807, 2.05) is 7.05 Å².